The van der Waals surface area contributed by atoms with E-state index in [1.54, 1.807) is 74.8 Å². The van der Waals surface area contributed by atoms with Gasteiger partial charge in [0.2, 0.25) is 17.8 Å². The van der Waals surface area contributed by atoms with E-state index < -0.39 is 11.1 Å². The molecular formula is C61H86N12O6. The molecule has 2 aromatic carbocycles. The van der Waals surface area contributed by atoms with Gasteiger partial charge in [-0.1, -0.05) is 65.3 Å². The van der Waals surface area contributed by atoms with Crippen molar-refractivity contribution < 1.29 is 28.6 Å². The van der Waals surface area contributed by atoms with Crippen LogP contribution in [0.3, 0.4) is 0 Å². The SMILES string of the molecule is C=C/C=C(\C=C/C)Oc1ccc(-c2nn(C3CCCN(C(=O)/C=C/COC(C)(C)CCCC(C)(C)NC(=O)c4ccc(Nc5ncc6c(n5)N(C5CCCC5)CC(=O)N6C)c(OC)c4)C3)c(N=C)c2C(N)=NC)cc1.CC.CC. The first-order chi connectivity index (χ1) is 38.0. The van der Waals surface area contributed by atoms with Crippen molar-refractivity contribution >= 4 is 59.2 Å². The van der Waals surface area contributed by atoms with Crippen molar-refractivity contribution in [3.05, 3.63) is 109 Å². The van der Waals surface area contributed by atoms with E-state index in [-0.39, 0.29) is 48.8 Å². The molecule has 1 atom stereocenters. The number of carbonyl (C=O) groups excluding carboxylic acids is 3. The van der Waals surface area contributed by atoms with E-state index >= 15 is 0 Å². The molecule has 2 aromatic heterocycles. The standard InChI is InChI=1S/C57H74N12O6.2C2H6/c1-11-18-42(19-12-2)75-43-27-24-38(25-28-43)50-49(51(58)59-7)53(60-8)69(65-50)41-22-15-32-67(36-41)47(70)23-16-33-74-57(5,6)31-17-30-56(3,4)64-54(72)39-26-29-44(46(34-39)73-10)62-55-61-35-45-52(63-55)68(37-48(71)66(45)9)40-20-13-14-21-40;2*1-2/h11-12,16,18-19,23-29,34-35,40-41H,1,8,13-15,17,20-22,30-33,36-37H2,2-7,9-10H3,(H2,58,59)(H,64,72)(H,61,62,63);2*1-2H3/b19-12-,23-16+,42-18+;;. The zero-order valence-electron chi connectivity index (χ0n) is 48.9. The first-order valence-corrected chi connectivity index (χ1v) is 27.8. The topological polar surface area (TPSA) is 207 Å². The Balaban J connectivity index is 0.00000280. The van der Waals surface area contributed by atoms with E-state index in [1.807, 2.05) is 108 Å². The van der Waals surface area contributed by atoms with Gasteiger partial charge in [-0.15, -0.1) is 0 Å². The summed E-state index contributed by atoms with van der Waals surface area (Å²) < 4.78 is 19.8. The van der Waals surface area contributed by atoms with Gasteiger partial charge < -0.3 is 45.3 Å². The summed E-state index contributed by atoms with van der Waals surface area (Å²) in [4.78, 5) is 63.6. The number of hydrogen-bond acceptors (Lipinski definition) is 13. The molecule has 426 valence electrons. The lowest BCUT2D eigenvalue weighted by Gasteiger charge is -2.37. The van der Waals surface area contributed by atoms with Crippen LogP contribution in [0, 0.1) is 0 Å². The van der Waals surface area contributed by atoms with Crippen molar-refractivity contribution in [1.29, 1.82) is 0 Å². The fraction of sp³-hybridized carbons (Fsp3) is 0.475. The van der Waals surface area contributed by atoms with Crippen LogP contribution in [0.1, 0.15) is 142 Å². The predicted octanol–water partition coefficient (Wildman–Crippen LogP) is 11.5. The summed E-state index contributed by atoms with van der Waals surface area (Å²) in [5.74, 6) is 3.32. The number of likely N-dealkylation sites (tertiary alicyclic amines) is 1. The zero-order valence-corrected chi connectivity index (χ0v) is 48.9. The number of amidine groups is 1. The minimum Gasteiger partial charge on any atom is -0.495 e. The normalized spacial score (nSPS) is 16.2. The second-order valence-electron chi connectivity index (χ2n) is 20.4. The maximum absolute atomic E-state index is 13.6. The molecule has 1 aliphatic carbocycles. The minimum atomic E-state index is -0.522. The molecule has 1 unspecified atom stereocenters. The molecule has 1 saturated carbocycles. The number of aromatic nitrogens is 4. The van der Waals surface area contributed by atoms with Gasteiger partial charge in [0.1, 0.15) is 34.5 Å². The Hall–Kier alpha value is -7.60. The maximum atomic E-state index is 13.6. The highest BCUT2D eigenvalue weighted by atomic mass is 16.5. The Morgan fingerprint density at radius 3 is 2.34 bits per heavy atom. The molecule has 79 heavy (non-hydrogen) atoms. The molecule has 2 aliphatic heterocycles. The Morgan fingerprint density at radius 1 is 0.975 bits per heavy atom. The molecule has 2 fully saturated rings. The van der Waals surface area contributed by atoms with Crippen molar-refractivity contribution in [2.75, 3.05) is 62.6 Å². The highest BCUT2D eigenvalue weighted by molar-refractivity contribution is 6.07. The average molecular weight is 1080 g/mol. The van der Waals surface area contributed by atoms with Gasteiger partial charge in [-0.2, -0.15) is 10.1 Å². The second-order valence-corrected chi connectivity index (χ2v) is 20.4. The number of fused-ring (bicyclic) bond motifs is 1. The summed E-state index contributed by atoms with van der Waals surface area (Å²) in [5.41, 5.74) is 9.19. The summed E-state index contributed by atoms with van der Waals surface area (Å²) in [6, 6.07) is 12.9. The van der Waals surface area contributed by atoms with E-state index in [0.717, 1.165) is 62.7 Å². The number of hydrogen-bond donors (Lipinski definition) is 3. The summed E-state index contributed by atoms with van der Waals surface area (Å²) in [6.45, 7) is 27.2. The Bertz CT molecular complexity index is 2840. The average Bonchev–Trinajstić information content (AvgIpc) is 4.22. The van der Waals surface area contributed by atoms with Crippen LogP contribution >= 0.6 is 0 Å². The minimum absolute atomic E-state index is 0.0198. The quantitative estimate of drug-likeness (QED) is 0.0221. The fourth-order valence-corrected chi connectivity index (χ4v) is 9.86. The number of allylic oxidation sites excluding steroid dienone is 4. The number of aliphatic imine (C=N–C) groups is 2. The van der Waals surface area contributed by atoms with Gasteiger partial charge in [-0.05, 0) is 141 Å². The number of rotatable bonds is 22. The lowest BCUT2D eigenvalue weighted by molar-refractivity contribution is -0.127. The Kier molecular flexibility index (Phi) is 23.2. The number of nitrogens with one attached hydrogen (secondary N) is 2. The molecule has 4 aromatic rings. The largest absolute Gasteiger partial charge is 0.495 e. The lowest BCUT2D eigenvalue weighted by Crippen LogP contribution is -2.48. The molecule has 0 radical (unpaired) electrons. The first kappa shape index (κ1) is 62.2. The zero-order chi connectivity index (χ0) is 57.9. The monoisotopic (exact) mass is 1080 g/mol. The van der Waals surface area contributed by atoms with Crippen molar-refractivity contribution in [2.24, 2.45) is 15.7 Å². The lowest BCUT2D eigenvalue weighted by atomic mass is 9.92. The number of anilines is 4. The molecule has 18 nitrogen and oxygen atoms in total. The van der Waals surface area contributed by atoms with Gasteiger partial charge in [0, 0.05) is 56.0 Å². The van der Waals surface area contributed by atoms with Gasteiger partial charge in [0.15, 0.2) is 11.6 Å². The molecule has 0 bridgehead atoms. The van der Waals surface area contributed by atoms with Crippen LogP contribution in [0.4, 0.5) is 29.0 Å². The van der Waals surface area contributed by atoms with E-state index in [4.69, 9.17) is 30.0 Å². The van der Waals surface area contributed by atoms with Crippen LogP contribution in [-0.4, -0.2) is 120 Å². The smallest absolute Gasteiger partial charge is 0.251 e. The van der Waals surface area contributed by atoms with Crippen LogP contribution < -0.4 is 35.6 Å². The third-order valence-corrected chi connectivity index (χ3v) is 14.0. The van der Waals surface area contributed by atoms with Crippen molar-refractivity contribution in [3.63, 3.8) is 0 Å². The highest BCUT2D eigenvalue weighted by Crippen LogP contribution is 2.39. The molecule has 18 heteroatoms. The highest BCUT2D eigenvalue weighted by Gasteiger charge is 2.35. The summed E-state index contributed by atoms with van der Waals surface area (Å²) >= 11 is 0. The molecule has 4 heterocycles. The van der Waals surface area contributed by atoms with Crippen LogP contribution in [0.2, 0.25) is 0 Å². The number of benzene rings is 2. The van der Waals surface area contributed by atoms with Crippen molar-refractivity contribution in [3.8, 4) is 22.8 Å². The maximum Gasteiger partial charge on any atom is 0.251 e. The molecule has 7 rings (SSSR count). The first-order valence-electron chi connectivity index (χ1n) is 27.8. The third kappa shape index (κ3) is 16.2. The Labute approximate surface area is 469 Å². The number of nitrogens with zero attached hydrogens (tertiary/aromatic N) is 9. The van der Waals surface area contributed by atoms with Crippen molar-refractivity contribution in [2.45, 2.75) is 143 Å². The third-order valence-electron chi connectivity index (χ3n) is 14.0. The fourth-order valence-electron chi connectivity index (χ4n) is 9.86. The summed E-state index contributed by atoms with van der Waals surface area (Å²) in [7, 11) is 4.93. The van der Waals surface area contributed by atoms with E-state index in [9.17, 15) is 14.4 Å². The number of carbonyl (C=O) groups is 3. The number of methoxy groups -OCH3 is 1. The van der Waals surface area contributed by atoms with E-state index in [0.29, 0.717) is 76.7 Å². The summed E-state index contributed by atoms with van der Waals surface area (Å²) in [5, 5.41) is 11.5. The number of nitrogens with two attached hydrogens (primary N) is 1. The summed E-state index contributed by atoms with van der Waals surface area (Å²) in [6.07, 6.45) is 20.3. The van der Waals surface area contributed by atoms with E-state index in [1.165, 1.54) is 0 Å². The molecule has 3 amide bonds. The Morgan fingerprint density at radius 2 is 1.68 bits per heavy atom. The van der Waals surface area contributed by atoms with Gasteiger partial charge in [0.05, 0.1) is 49.4 Å². The van der Waals surface area contributed by atoms with Crippen LogP contribution in [0.25, 0.3) is 11.3 Å². The molecule has 0 spiro atoms. The molecule has 1 saturated heterocycles. The van der Waals surface area contributed by atoms with Crippen LogP contribution in [-0.2, 0) is 14.3 Å². The van der Waals surface area contributed by atoms with Crippen LogP contribution in [0.5, 0.6) is 11.5 Å². The van der Waals surface area contributed by atoms with Crippen LogP contribution in [0.15, 0.2) is 107 Å². The van der Waals surface area contributed by atoms with Crippen molar-refractivity contribution in [1.82, 2.24) is 30.0 Å². The molecule has 4 N–H and O–H groups in total. The number of ether oxygens (including phenoxy) is 3. The molecular weight excluding hydrogens is 997 g/mol. The predicted molar refractivity (Wildman–Crippen MR) is 321 cm³/mol. The van der Waals surface area contributed by atoms with Gasteiger partial charge in [-0.25, -0.2) is 14.7 Å². The molecule has 3 aliphatic rings. The van der Waals surface area contributed by atoms with Gasteiger partial charge in [-0.3, -0.25) is 19.4 Å². The number of amides is 3. The number of piperidine rings is 1. The van der Waals surface area contributed by atoms with E-state index in [2.05, 4.69) is 43.8 Å². The van der Waals surface area contributed by atoms with Gasteiger partial charge >= 0.3 is 0 Å². The van der Waals surface area contributed by atoms with Gasteiger partial charge in [0.25, 0.3) is 5.91 Å². The second kappa shape index (κ2) is 29.4. The number of likely N-dealkylation sites (N-methyl/N-ethyl adjacent to an activating group) is 1.